The predicted molar refractivity (Wildman–Crippen MR) is 66.7 cm³/mol. The Kier molecular flexibility index (Phi) is 5.73. The fourth-order valence-corrected chi connectivity index (χ4v) is 2.86. The highest BCUT2D eigenvalue weighted by Gasteiger charge is 2.38. The predicted octanol–water partition coefficient (Wildman–Crippen LogP) is 2.21. The van der Waals surface area contributed by atoms with Crippen molar-refractivity contribution >= 4 is 0 Å². The zero-order valence-electron chi connectivity index (χ0n) is 11.2. The molecule has 0 amide bonds. The van der Waals surface area contributed by atoms with Gasteiger partial charge in [0, 0.05) is 26.4 Å². The summed E-state index contributed by atoms with van der Waals surface area (Å²) in [6.07, 6.45) is 4.74. The van der Waals surface area contributed by atoms with Gasteiger partial charge < -0.3 is 14.8 Å². The van der Waals surface area contributed by atoms with Gasteiger partial charge in [0.1, 0.15) is 0 Å². The minimum absolute atomic E-state index is 0.000157. The van der Waals surface area contributed by atoms with Crippen LogP contribution in [0.4, 0.5) is 0 Å². The topological polar surface area (TPSA) is 30.5 Å². The van der Waals surface area contributed by atoms with E-state index in [4.69, 9.17) is 9.47 Å². The second-order valence-electron chi connectivity index (χ2n) is 5.14. The van der Waals surface area contributed by atoms with Gasteiger partial charge in [0.15, 0.2) is 0 Å². The largest absolute Gasteiger partial charge is 0.385 e. The molecule has 1 aliphatic rings. The highest BCUT2D eigenvalue weighted by molar-refractivity contribution is 4.93. The molecule has 16 heavy (non-hydrogen) atoms. The van der Waals surface area contributed by atoms with Crippen molar-refractivity contribution in [2.24, 2.45) is 5.92 Å². The Bertz CT molecular complexity index is 190. The van der Waals surface area contributed by atoms with Crippen LogP contribution in [0.1, 0.15) is 39.5 Å². The van der Waals surface area contributed by atoms with Gasteiger partial charge in [-0.2, -0.15) is 0 Å². The van der Waals surface area contributed by atoms with Crippen molar-refractivity contribution < 1.29 is 9.47 Å². The molecule has 0 aromatic carbocycles. The molecule has 3 unspecified atom stereocenters. The number of hydrogen-bond donors (Lipinski definition) is 1. The zero-order chi connectivity index (χ0) is 12.0. The second kappa shape index (κ2) is 6.58. The van der Waals surface area contributed by atoms with E-state index < -0.39 is 0 Å². The second-order valence-corrected chi connectivity index (χ2v) is 5.14. The number of hydrogen-bond acceptors (Lipinski definition) is 3. The van der Waals surface area contributed by atoms with Gasteiger partial charge in [0.05, 0.1) is 5.60 Å². The zero-order valence-corrected chi connectivity index (χ0v) is 11.2. The van der Waals surface area contributed by atoms with Gasteiger partial charge in [-0.25, -0.2) is 0 Å². The highest BCUT2D eigenvalue weighted by Crippen LogP contribution is 2.32. The van der Waals surface area contributed by atoms with Crippen molar-refractivity contribution in [2.45, 2.75) is 51.2 Å². The molecule has 1 heterocycles. The Labute approximate surface area is 99.9 Å². The van der Waals surface area contributed by atoms with Crippen molar-refractivity contribution in [3.05, 3.63) is 0 Å². The van der Waals surface area contributed by atoms with Crippen molar-refractivity contribution in [3.63, 3.8) is 0 Å². The number of ether oxygens (including phenoxy) is 2. The molecule has 0 aromatic rings. The molecule has 0 spiro atoms. The van der Waals surface area contributed by atoms with Crippen molar-refractivity contribution in [3.8, 4) is 0 Å². The number of likely N-dealkylation sites (N-methyl/N-ethyl adjacent to an activating group) is 1. The van der Waals surface area contributed by atoms with Crippen LogP contribution in [0.25, 0.3) is 0 Å². The molecule has 0 radical (unpaired) electrons. The standard InChI is InChI=1S/C13H27NO2/c1-11(7-10-15-4)12(14-3)13(2)8-5-6-9-16-13/h11-12,14H,5-10H2,1-4H3. The van der Waals surface area contributed by atoms with Crippen LogP contribution in [-0.2, 0) is 9.47 Å². The summed E-state index contributed by atoms with van der Waals surface area (Å²) in [7, 11) is 3.80. The van der Waals surface area contributed by atoms with Crippen LogP contribution in [0.2, 0.25) is 0 Å². The SMILES string of the molecule is CNC(C(C)CCOC)C1(C)CCCCO1. The molecule has 3 nitrogen and oxygen atoms in total. The normalized spacial score (nSPS) is 30.0. The van der Waals surface area contributed by atoms with Crippen molar-refractivity contribution in [2.75, 3.05) is 27.4 Å². The van der Waals surface area contributed by atoms with Gasteiger partial charge >= 0.3 is 0 Å². The van der Waals surface area contributed by atoms with Gasteiger partial charge in [-0.1, -0.05) is 6.92 Å². The average molecular weight is 229 g/mol. The van der Waals surface area contributed by atoms with Gasteiger partial charge in [-0.15, -0.1) is 0 Å². The van der Waals surface area contributed by atoms with Crippen LogP contribution in [0.5, 0.6) is 0 Å². The van der Waals surface area contributed by atoms with E-state index in [1.54, 1.807) is 7.11 Å². The summed E-state index contributed by atoms with van der Waals surface area (Å²) in [5.74, 6) is 0.577. The van der Waals surface area contributed by atoms with Gasteiger partial charge in [-0.3, -0.25) is 0 Å². The summed E-state index contributed by atoms with van der Waals surface area (Å²) in [4.78, 5) is 0. The maximum atomic E-state index is 6.02. The molecule has 0 aliphatic carbocycles. The molecular weight excluding hydrogens is 202 g/mol. The van der Waals surface area contributed by atoms with Crippen molar-refractivity contribution in [1.82, 2.24) is 5.32 Å². The lowest BCUT2D eigenvalue weighted by molar-refractivity contribution is -0.0990. The van der Waals surface area contributed by atoms with E-state index in [2.05, 4.69) is 19.2 Å². The first-order valence-electron chi connectivity index (χ1n) is 6.44. The smallest absolute Gasteiger partial charge is 0.0809 e. The molecule has 1 N–H and O–H groups in total. The Morgan fingerprint density at radius 3 is 2.69 bits per heavy atom. The minimum Gasteiger partial charge on any atom is -0.385 e. The van der Waals surface area contributed by atoms with Gasteiger partial charge in [0.25, 0.3) is 0 Å². The molecular formula is C13H27NO2. The summed E-state index contributed by atoms with van der Waals surface area (Å²) in [6.45, 7) is 6.27. The van der Waals surface area contributed by atoms with Crippen LogP contribution in [-0.4, -0.2) is 39.0 Å². The lowest BCUT2D eigenvalue weighted by Crippen LogP contribution is -2.54. The van der Waals surface area contributed by atoms with E-state index in [9.17, 15) is 0 Å². The first kappa shape index (κ1) is 13.9. The molecule has 96 valence electrons. The van der Waals surface area contributed by atoms with Crippen LogP contribution in [0.15, 0.2) is 0 Å². The first-order valence-corrected chi connectivity index (χ1v) is 6.44. The Hall–Kier alpha value is -0.120. The monoisotopic (exact) mass is 229 g/mol. The molecule has 0 saturated carbocycles. The molecule has 3 heteroatoms. The maximum absolute atomic E-state index is 6.02. The summed E-state index contributed by atoms with van der Waals surface area (Å²) in [5.41, 5.74) is 0.000157. The summed E-state index contributed by atoms with van der Waals surface area (Å²) in [5, 5.41) is 3.44. The Morgan fingerprint density at radius 2 is 2.19 bits per heavy atom. The molecule has 0 bridgehead atoms. The van der Waals surface area contributed by atoms with E-state index in [1.807, 2.05) is 7.05 Å². The van der Waals surface area contributed by atoms with E-state index in [-0.39, 0.29) is 5.60 Å². The lowest BCUT2D eigenvalue weighted by atomic mass is 9.80. The molecule has 1 fully saturated rings. The third-order valence-electron chi connectivity index (χ3n) is 3.81. The van der Waals surface area contributed by atoms with Crippen LogP contribution >= 0.6 is 0 Å². The fraction of sp³-hybridized carbons (Fsp3) is 1.00. The lowest BCUT2D eigenvalue weighted by Gasteiger charge is -2.43. The summed E-state index contributed by atoms with van der Waals surface area (Å²) < 4.78 is 11.2. The maximum Gasteiger partial charge on any atom is 0.0809 e. The van der Waals surface area contributed by atoms with Gasteiger partial charge in [0.2, 0.25) is 0 Å². The van der Waals surface area contributed by atoms with Crippen LogP contribution in [0, 0.1) is 5.92 Å². The minimum atomic E-state index is 0.000157. The van der Waals surface area contributed by atoms with Crippen LogP contribution < -0.4 is 5.32 Å². The van der Waals surface area contributed by atoms with E-state index in [0.717, 1.165) is 26.1 Å². The molecule has 1 rings (SSSR count). The number of rotatable bonds is 6. The molecule has 1 aliphatic heterocycles. The Morgan fingerprint density at radius 1 is 1.44 bits per heavy atom. The van der Waals surface area contributed by atoms with E-state index in [1.165, 1.54) is 12.8 Å². The fourth-order valence-electron chi connectivity index (χ4n) is 2.86. The molecule has 0 aromatic heterocycles. The third-order valence-corrected chi connectivity index (χ3v) is 3.81. The summed E-state index contributed by atoms with van der Waals surface area (Å²) >= 11 is 0. The number of methoxy groups -OCH3 is 1. The summed E-state index contributed by atoms with van der Waals surface area (Å²) in [6, 6.07) is 0.419. The first-order chi connectivity index (χ1) is 7.64. The van der Waals surface area contributed by atoms with E-state index in [0.29, 0.717) is 12.0 Å². The Balaban J connectivity index is 2.56. The molecule has 3 atom stereocenters. The highest BCUT2D eigenvalue weighted by atomic mass is 16.5. The van der Waals surface area contributed by atoms with Crippen molar-refractivity contribution in [1.29, 1.82) is 0 Å². The van der Waals surface area contributed by atoms with E-state index >= 15 is 0 Å². The number of nitrogens with one attached hydrogen (secondary N) is 1. The molecule has 1 saturated heterocycles. The third kappa shape index (κ3) is 3.44. The van der Waals surface area contributed by atoms with Gasteiger partial charge in [-0.05, 0) is 45.6 Å². The van der Waals surface area contributed by atoms with Crippen LogP contribution in [0.3, 0.4) is 0 Å². The average Bonchev–Trinajstić information content (AvgIpc) is 2.28. The quantitative estimate of drug-likeness (QED) is 0.757.